The van der Waals surface area contributed by atoms with Crippen molar-refractivity contribution in [1.82, 2.24) is 9.97 Å². The Balaban J connectivity index is 1.42. The van der Waals surface area contributed by atoms with Crippen LogP contribution in [0.15, 0.2) is 78.0 Å². The van der Waals surface area contributed by atoms with Crippen LogP contribution in [0.5, 0.6) is 0 Å². The number of rotatable bonds is 5. The second-order valence-electron chi connectivity index (χ2n) is 8.33. The second-order valence-corrected chi connectivity index (χ2v) is 9.30. The fourth-order valence-electron chi connectivity index (χ4n) is 3.93. The number of benzene rings is 3. The zero-order valence-electron chi connectivity index (χ0n) is 19.0. The van der Waals surface area contributed by atoms with Gasteiger partial charge in [0.25, 0.3) is 0 Å². The summed E-state index contributed by atoms with van der Waals surface area (Å²) in [5, 5.41) is 3.48. The minimum absolute atomic E-state index is 0.0117. The highest BCUT2D eigenvalue weighted by molar-refractivity contribution is 7.99. The smallest absolute Gasteiger partial charge is 0.244 e. The standard InChI is InChI=1S/C27H24N4O2S/c1-17-7-11-19(12-8-17)25-26(20-13-9-18(2)10-14-20)30-27(29-25)34-16-24(33)31-15-23(32)28-21-5-3-4-6-22(21)31/h3-14H,15-16H2,1-2H3,(H,28,32)(H,29,30). The van der Waals surface area contributed by atoms with E-state index in [4.69, 9.17) is 4.98 Å². The highest BCUT2D eigenvalue weighted by atomic mass is 32.2. The Kier molecular flexibility index (Phi) is 5.94. The first-order chi connectivity index (χ1) is 16.5. The molecule has 0 bridgehead atoms. The summed E-state index contributed by atoms with van der Waals surface area (Å²) in [6, 6.07) is 23.9. The molecule has 34 heavy (non-hydrogen) atoms. The lowest BCUT2D eigenvalue weighted by molar-refractivity contribution is -0.120. The summed E-state index contributed by atoms with van der Waals surface area (Å²) in [4.78, 5) is 35.0. The first kappa shape index (κ1) is 22.0. The fraction of sp³-hybridized carbons (Fsp3) is 0.148. The van der Waals surface area contributed by atoms with Crippen LogP contribution in [0.3, 0.4) is 0 Å². The quantitative estimate of drug-likeness (QED) is 0.383. The molecule has 0 saturated heterocycles. The molecule has 0 aliphatic carbocycles. The summed E-state index contributed by atoms with van der Waals surface area (Å²) in [5.74, 6) is -0.175. The molecular formula is C27H24N4O2S. The molecule has 0 unspecified atom stereocenters. The van der Waals surface area contributed by atoms with Crippen LogP contribution in [0.1, 0.15) is 11.1 Å². The van der Waals surface area contributed by atoms with Crippen molar-refractivity contribution in [1.29, 1.82) is 0 Å². The largest absolute Gasteiger partial charge is 0.332 e. The average Bonchev–Trinajstić information content (AvgIpc) is 3.27. The van der Waals surface area contributed by atoms with E-state index in [0.29, 0.717) is 16.5 Å². The molecule has 2 heterocycles. The third-order valence-corrected chi connectivity index (χ3v) is 6.61. The molecule has 1 aromatic heterocycles. The van der Waals surface area contributed by atoms with Gasteiger partial charge < -0.3 is 15.2 Å². The van der Waals surface area contributed by atoms with E-state index < -0.39 is 0 Å². The molecule has 2 amide bonds. The van der Waals surface area contributed by atoms with E-state index in [9.17, 15) is 9.59 Å². The Bertz CT molecular complexity index is 1300. The molecule has 0 spiro atoms. The normalized spacial score (nSPS) is 12.9. The van der Waals surface area contributed by atoms with Crippen LogP contribution in [0.2, 0.25) is 0 Å². The summed E-state index contributed by atoms with van der Waals surface area (Å²) in [7, 11) is 0. The van der Waals surface area contributed by atoms with Crippen molar-refractivity contribution in [2.45, 2.75) is 19.0 Å². The maximum atomic E-state index is 13.1. The van der Waals surface area contributed by atoms with Crippen LogP contribution in [-0.2, 0) is 9.59 Å². The lowest BCUT2D eigenvalue weighted by Gasteiger charge is -2.28. The van der Waals surface area contributed by atoms with Crippen molar-refractivity contribution in [2.24, 2.45) is 0 Å². The number of fused-ring (bicyclic) bond motifs is 1. The molecule has 1 aliphatic heterocycles. The number of imidazole rings is 1. The van der Waals surface area contributed by atoms with Gasteiger partial charge in [0.2, 0.25) is 11.8 Å². The van der Waals surface area contributed by atoms with E-state index in [0.717, 1.165) is 22.5 Å². The minimum atomic E-state index is -0.196. The van der Waals surface area contributed by atoms with Crippen LogP contribution in [0.25, 0.3) is 22.5 Å². The van der Waals surface area contributed by atoms with E-state index in [1.807, 2.05) is 18.2 Å². The molecule has 3 aromatic carbocycles. The van der Waals surface area contributed by atoms with Crippen LogP contribution in [-0.4, -0.2) is 34.1 Å². The van der Waals surface area contributed by atoms with Gasteiger partial charge in [0.1, 0.15) is 6.54 Å². The predicted octanol–water partition coefficient (Wildman–Crippen LogP) is 5.44. The average molecular weight is 469 g/mol. The van der Waals surface area contributed by atoms with E-state index in [-0.39, 0.29) is 24.1 Å². The summed E-state index contributed by atoms with van der Waals surface area (Å²) >= 11 is 1.34. The number of para-hydroxylation sites is 2. The molecule has 6 nitrogen and oxygen atoms in total. The Morgan fingerprint density at radius 1 is 0.941 bits per heavy atom. The van der Waals surface area contributed by atoms with Crippen LogP contribution < -0.4 is 10.2 Å². The van der Waals surface area contributed by atoms with E-state index in [1.54, 1.807) is 6.07 Å². The second kappa shape index (κ2) is 9.19. The van der Waals surface area contributed by atoms with Crippen molar-refractivity contribution >= 4 is 35.0 Å². The van der Waals surface area contributed by atoms with Crippen molar-refractivity contribution in [3.8, 4) is 22.5 Å². The Morgan fingerprint density at radius 3 is 2.29 bits per heavy atom. The molecule has 2 N–H and O–H groups in total. The van der Waals surface area contributed by atoms with Gasteiger partial charge in [-0.25, -0.2) is 4.98 Å². The topological polar surface area (TPSA) is 78.1 Å². The highest BCUT2D eigenvalue weighted by Crippen LogP contribution is 2.34. The molecule has 5 rings (SSSR count). The number of nitrogens with one attached hydrogen (secondary N) is 2. The first-order valence-corrected chi connectivity index (χ1v) is 12.0. The molecule has 0 radical (unpaired) electrons. The molecule has 0 fully saturated rings. The predicted molar refractivity (Wildman–Crippen MR) is 137 cm³/mol. The Labute approximate surface area is 202 Å². The van der Waals surface area contributed by atoms with Gasteiger partial charge >= 0.3 is 0 Å². The van der Waals surface area contributed by atoms with Gasteiger partial charge in [-0.15, -0.1) is 0 Å². The summed E-state index contributed by atoms with van der Waals surface area (Å²) in [6.45, 7) is 4.13. The van der Waals surface area contributed by atoms with Crippen LogP contribution >= 0.6 is 11.8 Å². The number of anilines is 2. The summed E-state index contributed by atoms with van der Waals surface area (Å²) in [6.07, 6.45) is 0. The number of amides is 2. The number of H-pyrrole nitrogens is 1. The van der Waals surface area contributed by atoms with Crippen LogP contribution in [0, 0.1) is 13.8 Å². The number of aryl methyl sites for hydroxylation is 2. The van der Waals surface area contributed by atoms with Gasteiger partial charge in [-0.3, -0.25) is 9.59 Å². The van der Waals surface area contributed by atoms with E-state index in [1.165, 1.54) is 27.8 Å². The molecule has 1 aliphatic rings. The monoisotopic (exact) mass is 468 g/mol. The van der Waals surface area contributed by atoms with Gasteiger partial charge in [0.15, 0.2) is 5.16 Å². The molecule has 7 heteroatoms. The fourth-order valence-corrected chi connectivity index (χ4v) is 4.68. The maximum Gasteiger partial charge on any atom is 0.244 e. The maximum absolute atomic E-state index is 13.1. The van der Waals surface area contributed by atoms with E-state index >= 15 is 0 Å². The molecular weight excluding hydrogens is 444 g/mol. The van der Waals surface area contributed by atoms with Gasteiger partial charge in [0.05, 0.1) is 28.5 Å². The van der Waals surface area contributed by atoms with Crippen molar-refractivity contribution in [3.63, 3.8) is 0 Å². The number of hydrogen-bond donors (Lipinski definition) is 2. The number of nitrogens with zero attached hydrogens (tertiary/aromatic N) is 2. The minimum Gasteiger partial charge on any atom is -0.332 e. The number of carbonyl (C=O) groups is 2. The van der Waals surface area contributed by atoms with Crippen molar-refractivity contribution in [2.75, 3.05) is 22.5 Å². The summed E-state index contributed by atoms with van der Waals surface area (Å²) < 4.78 is 0. The van der Waals surface area contributed by atoms with Gasteiger partial charge in [-0.2, -0.15) is 0 Å². The van der Waals surface area contributed by atoms with Gasteiger partial charge in [-0.05, 0) is 26.0 Å². The third kappa shape index (κ3) is 4.47. The zero-order valence-corrected chi connectivity index (χ0v) is 19.8. The Hall–Kier alpha value is -3.84. The number of aromatic nitrogens is 2. The molecule has 0 atom stereocenters. The van der Waals surface area contributed by atoms with Gasteiger partial charge in [0, 0.05) is 11.1 Å². The van der Waals surface area contributed by atoms with E-state index in [2.05, 4.69) is 72.7 Å². The molecule has 0 saturated carbocycles. The summed E-state index contributed by atoms with van der Waals surface area (Å²) in [5.41, 5.74) is 7.55. The lowest BCUT2D eigenvalue weighted by atomic mass is 10.0. The van der Waals surface area contributed by atoms with Crippen LogP contribution in [0.4, 0.5) is 11.4 Å². The number of thioether (sulfide) groups is 1. The SMILES string of the molecule is Cc1ccc(-c2nc(SCC(=O)N3CC(=O)Nc4ccccc43)[nH]c2-c2ccc(C)cc2)cc1. The van der Waals surface area contributed by atoms with Crippen molar-refractivity contribution in [3.05, 3.63) is 83.9 Å². The zero-order chi connectivity index (χ0) is 23.7. The van der Waals surface area contributed by atoms with Gasteiger partial charge in [-0.1, -0.05) is 83.6 Å². The number of hydrogen-bond acceptors (Lipinski definition) is 4. The van der Waals surface area contributed by atoms with Crippen molar-refractivity contribution < 1.29 is 9.59 Å². The Morgan fingerprint density at radius 2 is 1.59 bits per heavy atom. The first-order valence-electron chi connectivity index (χ1n) is 11.0. The third-order valence-electron chi connectivity index (χ3n) is 5.75. The number of aromatic amines is 1. The number of carbonyl (C=O) groups excluding carboxylic acids is 2. The lowest BCUT2D eigenvalue weighted by Crippen LogP contribution is -2.43. The highest BCUT2D eigenvalue weighted by Gasteiger charge is 2.27. The molecule has 170 valence electrons. The molecule has 4 aromatic rings.